The smallest absolute Gasteiger partial charge is 0.233 e. The maximum absolute atomic E-state index is 11.9. The van der Waals surface area contributed by atoms with Crippen molar-refractivity contribution in [1.29, 1.82) is 0 Å². The van der Waals surface area contributed by atoms with Crippen molar-refractivity contribution in [3.63, 3.8) is 0 Å². The number of carbonyl (C=O) groups excluding carboxylic acids is 1. The standard InChI is InChI=1S/C15H18N2O3S/c1-11-8-14(17-20-11)9-21(19)10-15(18)16-12(2)13-6-4-3-5-7-13/h3-8,12H,9-10H2,1-2H3,(H,16,18). The molecule has 0 bridgehead atoms. The Hall–Kier alpha value is -1.95. The molecule has 0 saturated carbocycles. The number of rotatable bonds is 6. The first kappa shape index (κ1) is 15.4. The molecule has 0 radical (unpaired) electrons. The number of amides is 1. The zero-order chi connectivity index (χ0) is 15.2. The molecule has 6 heteroatoms. The van der Waals surface area contributed by atoms with E-state index in [0.29, 0.717) is 11.5 Å². The quantitative estimate of drug-likeness (QED) is 0.887. The van der Waals surface area contributed by atoms with Crippen molar-refractivity contribution in [2.75, 3.05) is 5.75 Å². The fourth-order valence-electron chi connectivity index (χ4n) is 1.96. The van der Waals surface area contributed by atoms with E-state index in [1.807, 2.05) is 37.3 Å². The van der Waals surface area contributed by atoms with Gasteiger partial charge in [-0.1, -0.05) is 35.5 Å². The Labute approximate surface area is 126 Å². The number of benzene rings is 1. The van der Waals surface area contributed by atoms with Gasteiger partial charge in [0.2, 0.25) is 5.91 Å². The molecular weight excluding hydrogens is 288 g/mol. The maximum Gasteiger partial charge on any atom is 0.233 e. The number of nitrogens with one attached hydrogen (secondary N) is 1. The number of hydrogen-bond donors (Lipinski definition) is 1. The van der Waals surface area contributed by atoms with Gasteiger partial charge in [0.15, 0.2) is 0 Å². The number of carbonyl (C=O) groups is 1. The van der Waals surface area contributed by atoms with Crippen LogP contribution in [0.1, 0.15) is 30.0 Å². The van der Waals surface area contributed by atoms with Crippen molar-refractivity contribution in [2.24, 2.45) is 0 Å². The molecule has 1 aromatic heterocycles. The summed E-state index contributed by atoms with van der Waals surface area (Å²) in [4.78, 5) is 11.9. The monoisotopic (exact) mass is 306 g/mol. The minimum Gasteiger partial charge on any atom is -0.361 e. The molecule has 1 aromatic carbocycles. The van der Waals surface area contributed by atoms with E-state index in [9.17, 15) is 9.00 Å². The highest BCUT2D eigenvalue weighted by Crippen LogP contribution is 2.11. The molecular formula is C15H18N2O3S. The first-order valence-electron chi connectivity index (χ1n) is 6.66. The first-order valence-corrected chi connectivity index (χ1v) is 8.15. The van der Waals surface area contributed by atoms with Crippen LogP contribution in [-0.2, 0) is 21.3 Å². The normalized spacial score (nSPS) is 13.6. The molecule has 5 nitrogen and oxygen atoms in total. The zero-order valence-corrected chi connectivity index (χ0v) is 12.9. The highest BCUT2D eigenvalue weighted by molar-refractivity contribution is 7.84. The number of nitrogens with zero attached hydrogens (tertiary/aromatic N) is 1. The predicted octanol–water partition coefficient (Wildman–Crippen LogP) is 2.11. The topological polar surface area (TPSA) is 72.2 Å². The zero-order valence-electron chi connectivity index (χ0n) is 12.0. The molecule has 21 heavy (non-hydrogen) atoms. The molecule has 0 aliphatic carbocycles. The van der Waals surface area contributed by atoms with Crippen LogP contribution in [0.15, 0.2) is 40.9 Å². The summed E-state index contributed by atoms with van der Waals surface area (Å²) in [7, 11) is -1.30. The van der Waals surface area contributed by atoms with Gasteiger partial charge in [-0.15, -0.1) is 0 Å². The molecule has 112 valence electrons. The fourth-order valence-corrected chi connectivity index (χ4v) is 2.90. The minimum absolute atomic E-state index is 0.0386. The van der Waals surface area contributed by atoms with E-state index in [-0.39, 0.29) is 23.5 Å². The van der Waals surface area contributed by atoms with Gasteiger partial charge in [-0.2, -0.15) is 0 Å². The first-order chi connectivity index (χ1) is 10.0. The largest absolute Gasteiger partial charge is 0.361 e. The number of aromatic nitrogens is 1. The van der Waals surface area contributed by atoms with Crippen LogP contribution in [0.5, 0.6) is 0 Å². The van der Waals surface area contributed by atoms with Crippen LogP contribution in [-0.4, -0.2) is 21.0 Å². The third-order valence-corrected chi connectivity index (χ3v) is 4.16. The lowest BCUT2D eigenvalue weighted by Crippen LogP contribution is -2.31. The van der Waals surface area contributed by atoms with Gasteiger partial charge in [-0.05, 0) is 19.4 Å². The van der Waals surface area contributed by atoms with Gasteiger partial charge in [-0.25, -0.2) is 0 Å². The Kier molecular flexibility index (Phi) is 5.27. The molecule has 0 spiro atoms. The molecule has 2 aromatic rings. The van der Waals surface area contributed by atoms with Gasteiger partial charge in [0.05, 0.1) is 17.5 Å². The van der Waals surface area contributed by atoms with E-state index in [0.717, 1.165) is 5.56 Å². The number of hydrogen-bond acceptors (Lipinski definition) is 4. The summed E-state index contributed by atoms with van der Waals surface area (Å²) >= 11 is 0. The van der Waals surface area contributed by atoms with Gasteiger partial charge < -0.3 is 9.84 Å². The van der Waals surface area contributed by atoms with Crippen molar-refractivity contribution in [2.45, 2.75) is 25.6 Å². The van der Waals surface area contributed by atoms with Gasteiger partial charge in [-0.3, -0.25) is 9.00 Å². The van der Waals surface area contributed by atoms with Crippen molar-refractivity contribution in [3.8, 4) is 0 Å². The second-order valence-corrected chi connectivity index (χ2v) is 6.31. The van der Waals surface area contributed by atoms with Crippen LogP contribution in [0, 0.1) is 6.92 Å². The summed E-state index contributed by atoms with van der Waals surface area (Å²) in [5.74, 6) is 0.627. The van der Waals surface area contributed by atoms with E-state index in [1.165, 1.54) is 0 Å². The third-order valence-electron chi connectivity index (χ3n) is 2.95. The van der Waals surface area contributed by atoms with Crippen LogP contribution in [0.25, 0.3) is 0 Å². The third kappa shape index (κ3) is 4.82. The molecule has 1 N–H and O–H groups in total. The summed E-state index contributed by atoms with van der Waals surface area (Å²) in [6, 6.07) is 11.3. The Morgan fingerprint density at radius 3 is 2.71 bits per heavy atom. The molecule has 2 unspecified atom stereocenters. The molecule has 0 aliphatic rings. The summed E-state index contributed by atoms with van der Waals surface area (Å²) in [5, 5.41) is 6.61. The minimum atomic E-state index is -1.30. The molecule has 0 aliphatic heterocycles. The predicted molar refractivity (Wildman–Crippen MR) is 81.0 cm³/mol. The molecule has 0 saturated heterocycles. The summed E-state index contributed by atoms with van der Waals surface area (Å²) < 4.78 is 16.8. The summed E-state index contributed by atoms with van der Waals surface area (Å²) in [5.41, 5.74) is 1.62. The van der Waals surface area contributed by atoms with Crippen LogP contribution in [0.2, 0.25) is 0 Å². The Morgan fingerprint density at radius 2 is 2.10 bits per heavy atom. The SMILES string of the molecule is Cc1cc(CS(=O)CC(=O)NC(C)c2ccccc2)no1. The summed E-state index contributed by atoms with van der Waals surface area (Å²) in [6.45, 7) is 3.67. The van der Waals surface area contributed by atoms with E-state index in [1.54, 1.807) is 13.0 Å². The van der Waals surface area contributed by atoms with Crippen molar-refractivity contribution in [1.82, 2.24) is 10.5 Å². The lowest BCUT2D eigenvalue weighted by molar-refractivity contribution is -0.119. The van der Waals surface area contributed by atoms with Gasteiger partial charge >= 0.3 is 0 Å². The second kappa shape index (κ2) is 7.17. The fraction of sp³-hybridized carbons (Fsp3) is 0.333. The van der Waals surface area contributed by atoms with Gasteiger partial charge in [0, 0.05) is 16.9 Å². The molecule has 2 atom stereocenters. The average molecular weight is 306 g/mol. The lowest BCUT2D eigenvalue weighted by atomic mass is 10.1. The van der Waals surface area contributed by atoms with Crippen LogP contribution in [0.3, 0.4) is 0 Å². The van der Waals surface area contributed by atoms with E-state index in [2.05, 4.69) is 10.5 Å². The Bertz CT molecular complexity index is 625. The van der Waals surface area contributed by atoms with Crippen molar-refractivity contribution in [3.05, 3.63) is 53.4 Å². The lowest BCUT2D eigenvalue weighted by Gasteiger charge is -2.13. The van der Waals surface area contributed by atoms with Crippen molar-refractivity contribution < 1.29 is 13.5 Å². The van der Waals surface area contributed by atoms with Crippen LogP contribution >= 0.6 is 0 Å². The van der Waals surface area contributed by atoms with E-state index < -0.39 is 10.8 Å². The summed E-state index contributed by atoms with van der Waals surface area (Å²) in [6.07, 6.45) is 0. The number of aryl methyl sites for hydroxylation is 1. The van der Waals surface area contributed by atoms with Crippen LogP contribution < -0.4 is 5.32 Å². The van der Waals surface area contributed by atoms with E-state index in [4.69, 9.17) is 4.52 Å². The average Bonchev–Trinajstić information content (AvgIpc) is 2.84. The highest BCUT2D eigenvalue weighted by atomic mass is 32.2. The van der Waals surface area contributed by atoms with Crippen LogP contribution in [0.4, 0.5) is 0 Å². The second-order valence-electron chi connectivity index (χ2n) is 4.86. The highest BCUT2D eigenvalue weighted by Gasteiger charge is 2.14. The Balaban J connectivity index is 1.82. The molecule has 1 amide bonds. The Morgan fingerprint density at radius 1 is 1.38 bits per heavy atom. The van der Waals surface area contributed by atoms with Gasteiger partial charge in [0.25, 0.3) is 0 Å². The van der Waals surface area contributed by atoms with Gasteiger partial charge in [0.1, 0.15) is 11.5 Å². The van der Waals surface area contributed by atoms with Crippen molar-refractivity contribution >= 4 is 16.7 Å². The molecule has 0 fully saturated rings. The molecule has 2 rings (SSSR count). The van der Waals surface area contributed by atoms with E-state index >= 15 is 0 Å². The maximum atomic E-state index is 11.9. The molecule has 1 heterocycles.